The highest BCUT2D eigenvalue weighted by molar-refractivity contribution is 7.80. The number of aliphatic hydroxyl groups excluding tert-OH is 1. The number of nitrogens with one attached hydrogen (secondary N) is 4. The van der Waals surface area contributed by atoms with E-state index in [9.17, 15) is 29.4 Å². The Kier molecular flexibility index (Phi) is 12.3. The van der Waals surface area contributed by atoms with Crippen LogP contribution in [-0.2, 0) is 25.6 Å². The number of thiol groups is 1. The van der Waals surface area contributed by atoms with E-state index < -0.39 is 54.5 Å². The van der Waals surface area contributed by atoms with Gasteiger partial charge in [0.05, 0.1) is 19.0 Å². The highest BCUT2D eigenvalue weighted by Crippen LogP contribution is 2.02. The number of aliphatic hydroxyl groups is 1. The molecule has 4 atom stereocenters. The molecular weight excluding hydrogens is 442 g/mol. The molecule has 0 aromatic carbocycles. The minimum atomic E-state index is -1.42. The monoisotopic (exact) mass is 473 g/mol. The first-order valence-electron chi connectivity index (χ1n) is 10.0. The number of nitrogens with two attached hydrogens (primary N) is 2. The summed E-state index contributed by atoms with van der Waals surface area (Å²) in [5.74, 6) is -3.63. The summed E-state index contributed by atoms with van der Waals surface area (Å²) in [6.45, 7) is -0.392. The topological polar surface area (TPSA) is 226 Å². The van der Waals surface area contributed by atoms with Gasteiger partial charge in [-0.2, -0.15) is 12.6 Å². The van der Waals surface area contributed by atoms with E-state index in [1.54, 1.807) is 0 Å². The molecule has 0 aliphatic heterocycles. The summed E-state index contributed by atoms with van der Waals surface area (Å²) in [7, 11) is 0. The summed E-state index contributed by atoms with van der Waals surface area (Å²) in [6, 6.07) is -4.72. The molecule has 32 heavy (non-hydrogen) atoms. The van der Waals surface area contributed by atoms with Gasteiger partial charge < -0.3 is 42.6 Å². The lowest BCUT2D eigenvalue weighted by molar-refractivity contribution is -0.142. The van der Waals surface area contributed by atoms with Crippen molar-refractivity contribution in [2.45, 2.75) is 49.9 Å². The molecule has 1 aromatic rings. The quantitative estimate of drug-likeness (QED) is 0.0925. The molecule has 0 aliphatic rings. The standard InChI is InChI=1S/C18H31N7O6S/c19-4-2-1-3-12(18(30)31)23-16(28)13(7-26)24-17(29)14(8-32)25-15(27)11(20)5-10-6-21-9-22-10/h6,9,11-14,26,32H,1-5,7-8,19-20H2,(H,21,22)(H,23,28)(H,24,29)(H,25,27)(H,30,31). The fourth-order valence-electron chi connectivity index (χ4n) is 2.69. The molecule has 0 saturated heterocycles. The van der Waals surface area contributed by atoms with E-state index in [1.165, 1.54) is 12.5 Å². The van der Waals surface area contributed by atoms with Crippen molar-refractivity contribution in [3.8, 4) is 0 Å². The number of aliphatic carboxylic acids is 1. The number of carbonyl (C=O) groups is 4. The summed E-state index contributed by atoms with van der Waals surface area (Å²) in [5.41, 5.74) is 11.9. The van der Waals surface area contributed by atoms with Gasteiger partial charge >= 0.3 is 5.97 Å². The number of imidazole rings is 1. The van der Waals surface area contributed by atoms with Crippen molar-refractivity contribution in [3.05, 3.63) is 18.2 Å². The molecule has 1 aromatic heterocycles. The Bertz CT molecular complexity index is 748. The van der Waals surface area contributed by atoms with Crippen LogP contribution in [0.25, 0.3) is 0 Å². The van der Waals surface area contributed by atoms with Crippen molar-refractivity contribution >= 4 is 36.3 Å². The van der Waals surface area contributed by atoms with Gasteiger partial charge in [-0.1, -0.05) is 0 Å². The zero-order valence-corrected chi connectivity index (χ0v) is 18.4. The van der Waals surface area contributed by atoms with Crippen molar-refractivity contribution in [3.63, 3.8) is 0 Å². The number of aromatic amines is 1. The van der Waals surface area contributed by atoms with E-state index >= 15 is 0 Å². The largest absolute Gasteiger partial charge is 0.480 e. The van der Waals surface area contributed by atoms with Crippen LogP contribution in [-0.4, -0.2) is 86.9 Å². The Labute approximate surface area is 190 Å². The number of unbranched alkanes of at least 4 members (excludes halogenated alkanes) is 1. The molecule has 180 valence electrons. The molecule has 10 N–H and O–H groups in total. The average Bonchev–Trinajstić information content (AvgIpc) is 3.27. The van der Waals surface area contributed by atoms with E-state index in [4.69, 9.17) is 11.5 Å². The van der Waals surface area contributed by atoms with Gasteiger partial charge in [-0.15, -0.1) is 0 Å². The second kappa shape index (κ2) is 14.4. The molecule has 1 rings (SSSR count). The van der Waals surface area contributed by atoms with Gasteiger partial charge in [0.2, 0.25) is 17.7 Å². The fraction of sp³-hybridized carbons (Fsp3) is 0.611. The zero-order valence-electron chi connectivity index (χ0n) is 17.5. The first kappa shape index (κ1) is 27.4. The smallest absolute Gasteiger partial charge is 0.326 e. The number of hydrogen-bond acceptors (Lipinski definition) is 9. The minimum absolute atomic E-state index is 0.106. The maximum Gasteiger partial charge on any atom is 0.326 e. The Hall–Kier alpha value is -2.68. The number of rotatable bonds is 15. The molecule has 3 amide bonds. The number of H-pyrrole nitrogens is 1. The molecule has 0 bridgehead atoms. The second-order valence-electron chi connectivity index (χ2n) is 7.06. The molecule has 1 heterocycles. The molecule has 13 nitrogen and oxygen atoms in total. The molecule has 4 unspecified atom stereocenters. The van der Waals surface area contributed by atoms with Crippen molar-refractivity contribution in [1.29, 1.82) is 0 Å². The number of carbonyl (C=O) groups excluding carboxylic acids is 3. The van der Waals surface area contributed by atoms with E-state index in [-0.39, 0.29) is 18.6 Å². The van der Waals surface area contributed by atoms with Crippen LogP contribution >= 0.6 is 12.6 Å². The fourth-order valence-corrected chi connectivity index (χ4v) is 2.94. The van der Waals surface area contributed by atoms with E-state index in [2.05, 4.69) is 38.5 Å². The van der Waals surface area contributed by atoms with Crippen LogP contribution in [0.15, 0.2) is 12.5 Å². The number of aromatic nitrogens is 2. The predicted molar refractivity (Wildman–Crippen MR) is 118 cm³/mol. The Morgan fingerprint density at radius 2 is 1.69 bits per heavy atom. The lowest BCUT2D eigenvalue weighted by Gasteiger charge is -2.23. The van der Waals surface area contributed by atoms with Crippen LogP contribution in [0.3, 0.4) is 0 Å². The number of hydrogen-bond donors (Lipinski definition) is 9. The number of amides is 3. The molecule has 0 spiro atoms. The average molecular weight is 474 g/mol. The molecular formula is C18H31N7O6S. The summed E-state index contributed by atoms with van der Waals surface area (Å²) >= 11 is 4.04. The van der Waals surface area contributed by atoms with Gasteiger partial charge in [-0.05, 0) is 25.8 Å². The van der Waals surface area contributed by atoms with E-state index in [1.807, 2.05) is 0 Å². The summed E-state index contributed by atoms with van der Waals surface area (Å²) in [5, 5.41) is 25.8. The summed E-state index contributed by atoms with van der Waals surface area (Å²) in [6.07, 6.45) is 4.34. The van der Waals surface area contributed by atoms with Crippen molar-refractivity contribution in [1.82, 2.24) is 25.9 Å². The van der Waals surface area contributed by atoms with Gasteiger partial charge in [0, 0.05) is 24.1 Å². The Morgan fingerprint density at radius 1 is 1.06 bits per heavy atom. The van der Waals surface area contributed by atoms with Crippen LogP contribution in [0.4, 0.5) is 0 Å². The lowest BCUT2D eigenvalue weighted by atomic mass is 10.1. The first-order chi connectivity index (χ1) is 15.2. The predicted octanol–water partition coefficient (Wildman–Crippen LogP) is -3.13. The normalized spacial score (nSPS) is 14.6. The van der Waals surface area contributed by atoms with Crippen LogP contribution in [0.1, 0.15) is 25.0 Å². The minimum Gasteiger partial charge on any atom is -0.480 e. The first-order valence-corrected chi connectivity index (χ1v) is 10.6. The molecule has 0 aliphatic carbocycles. The third kappa shape index (κ3) is 9.21. The maximum atomic E-state index is 12.5. The van der Waals surface area contributed by atoms with Gasteiger partial charge in [-0.25, -0.2) is 9.78 Å². The van der Waals surface area contributed by atoms with Crippen molar-refractivity contribution < 1.29 is 29.4 Å². The summed E-state index contributed by atoms with van der Waals surface area (Å²) < 4.78 is 0. The van der Waals surface area contributed by atoms with E-state index in [0.717, 1.165) is 0 Å². The summed E-state index contributed by atoms with van der Waals surface area (Å²) in [4.78, 5) is 55.1. The van der Waals surface area contributed by atoms with Crippen LogP contribution in [0, 0.1) is 0 Å². The Balaban J connectivity index is 2.66. The second-order valence-corrected chi connectivity index (χ2v) is 7.42. The number of nitrogens with zero attached hydrogens (tertiary/aromatic N) is 1. The zero-order chi connectivity index (χ0) is 24.1. The van der Waals surface area contributed by atoms with Crippen LogP contribution in [0.2, 0.25) is 0 Å². The van der Waals surface area contributed by atoms with Crippen LogP contribution in [0.5, 0.6) is 0 Å². The van der Waals surface area contributed by atoms with Gasteiger partial charge in [0.1, 0.15) is 18.1 Å². The Morgan fingerprint density at radius 3 is 2.22 bits per heavy atom. The third-order valence-electron chi connectivity index (χ3n) is 4.52. The van der Waals surface area contributed by atoms with E-state index in [0.29, 0.717) is 25.1 Å². The third-order valence-corrected chi connectivity index (χ3v) is 4.89. The molecule has 0 fully saturated rings. The lowest BCUT2D eigenvalue weighted by Crippen LogP contribution is -2.58. The molecule has 0 radical (unpaired) electrons. The van der Waals surface area contributed by atoms with Crippen molar-refractivity contribution in [2.75, 3.05) is 18.9 Å². The highest BCUT2D eigenvalue weighted by Gasteiger charge is 2.29. The highest BCUT2D eigenvalue weighted by atomic mass is 32.1. The van der Waals surface area contributed by atoms with Gasteiger partial charge in [0.15, 0.2) is 0 Å². The maximum absolute atomic E-state index is 12.5. The van der Waals surface area contributed by atoms with Crippen LogP contribution < -0.4 is 27.4 Å². The molecule has 14 heteroatoms. The molecule has 0 saturated carbocycles. The number of carboxylic acid groups (broad SMARTS) is 1. The SMILES string of the molecule is NCCCCC(NC(=O)C(CO)NC(=O)C(CS)NC(=O)C(N)Cc1cnc[nH]1)C(=O)O. The van der Waals surface area contributed by atoms with Gasteiger partial charge in [-0.3, -0.25) is 14.4 Å². The van der Waals surface area contributed by atoms with Crippen molar-refractivity contribution in [2.24, 2.45) is 11.5 Å². The number of carboxylic acids is 1. The van der Waals surface area contributed by atoms with Gasteiger partial charge in [0.25, 0.3) is 0 Å².